The Morgan fingerprint density at radius 3 is 2.54 bits per heavy atom. The van der Waals surface area contributed by atoms with Crippen LogP contribution in [0.15, 0.2) is 67.4 Å². The number of carbonyl (C=O) groups excluding carboxylic acids is 1. The topological polar surface area (TPSA) is 143 Å². The van der Waals surface area contributed by atoms with Crippen LogP contribution in [0.3, 0.4) is 0 Å². The summed E-state index contributed by atoms with van der Waals surface area (Å²) in [6.07, 6.45) is 8.43. The van der Waals surface area contributed by atoms with Crippen molar-refractivity contribution in [3.8, 4) is 34.4 Å². The van der Waals surface area contributed by atoms with Crippen molar-refractivity contribution >= 4 is 22.6 Å². The molecule has 5 rings (SSSR count). The van der Waals surface area contributed by atoms with Gasteiger partial charge in [-0.25, -0.2) is 9.67 Å². The molecule has 4 aromatic heterocycles. The van der Waals surface area contributed by atoms with E-state index in [-0.39, 0.29) is 12.3 Å². The molecule has 41 heavy (non-hydrogen) atoms. The molecule has 1 aromatic carbocycles. The van der Waals surface area contributed by atoms with Gasteiger partial charge in [0, 0.05) is 30.5 Å². The number of methoxy groups -OCH3 is 2. The lowest BCUT2D eigenvalue weighted by Gasteiger charge is -2.12. The van der Waals surface area contributed by atoms with Crippen molar-refractivity contribution in [3.05, 3.63) is 78.6 Å². The number of aliphatic hydroxyl groups is 1. The summed E-state index contributed by atoms with van der Waals surface area (Å²) in [4.78, 5) is 26.0. The molecular weight excluding hydrogens is 528 g/mol. The Balaban J connectivity index is 1.35. The van der Waals surface area contributed by atoms with Gasteiger partial charge in [0.1, 0.15) is 17.3 Å². The first-order valence-electron chi connectivity index (χ1n) is 12.8. The molecule has 0 aliphatic heterocycles. The summed E-state index contributed by atoms with van der Waals surface area (Å²) in [6.45, 7) is 2.13. The Kier molecular flexibility index (Phi) is 8.20. The van der Waals surface area contributed by atoms with E-state index in [4.69, 9.17) is 18.9 Å². The fourth-order valence-electron chi connectivity index (χ4n) is 4.21. The highest BCUT2D eigenvalue weighted by Gasteiger charge is 2.21. The second-order valence-corrected chi connectivity index (χ2v) is 8.67. The van der Waals surface area contributed by atoms with Crippen molar-refractivity contribution < 1.29 is 28.8 Å². The quantitative estimate of drug-likeness (QED) is 0.243. The molecule has 0 saturated heterocycles. The number of hydrogen-bond donors (Lipinski definition) is 2. The average Bonchev–Trinajstić information content (AvgIpc) is 3.42. The van der Waals surface area contributed by atoms with Gasteiger partial charge in [-0.05, 0) is 49.2 Å². The van der Waals surface area contributed by atoms with Crippen molar-refractivity contribution in [2.45, 2.75) is 13.3 Å². The minimum atomic E-state index is -0.498. The molecule has 0 radical (unpaired) electrons. The highest BCUT2D eigenvalue weighted by atomic mass is 16.5. The van der Waals surface area contributed by atoms with Gasteiger partial charge in [-0.2, -0.15) is 5.10 Å². The molecule has 1 amide bonds. The molecule has 210 valence electrons. The van der Waals surface area contributed by atoms with Gasteiger partial charge in [-0.3, -0.25) is 14.8 Å². The van der Waals surface area contributed by atoms with Crippen LogP contribution in [0.4, 0.5) is 5.82 Å². The second kappa shape index (κ2) is 12.3. The predicted molar refractivity (Wildman–Crippen MR) is 150 cm³/mol. The van der Waals surface area contributed by atoms with Crippen molar-refractivity contribution in [1.29, 1.82) is 0 Å². The van der Waals surface area contributed by atoms with Crippen LogP contribution in [0.25, 0.3) is 16.6 Å². The molecule has 0 saturated carbocycles. The Bertz CT molecular complexity index is 1670. The van der Waals surface area contributed by atoms with E-state index in [9.17, 15) is 9.90 Å². The summed E-state index contributed by atoms with van der Waals surface area (Å²) in [5.74, 6) is 2.23. The number of anilines is 1. The number of rotatable bonds is 11. The van der Waals surface area contributed by atoms with Gasteiger partial charge < -0.3 is 29.4 Å². The summed E-state index contributed by atoms with van der Waals surface area (Å²) in [7, 11) is 3.13. The number of nitrogens with one attached hydrogen (secondary N) is 1. The highest BCUT2D eigenvalue weighted by molar-refractivity contribution is 6.04. The van der Waals surface area contributed by atoms with Crippen molar-refractivity contribution in [3.63, 3.8) is 0 Å². The number of amides is 1. The Hall–Kier alpha value is -5.23. The maximum absolute atomic E-state index is 13.2. The third-order valence-corrected chi connectivity index (χ3v) is 6.12. The molecule has 0 aliphatic carbocycles. The first kappa shape index (κ1) is 27.3. The minimum Gasteiger partial charge on any atom is -0.493 e. The molecule has 0 unspecified atom stereocenters. The molecule has 12 heteroatoms. The van der Waals surface area contributed by atoms with Crippen LogP contribution in [0.2, 0.25) is 0 Å². The van der Waals surface area contributed by atoms with Gasteiger partial charge in [0.05, 0.1) is 50.6 Å². The molecule has 12 nitrogen and oxygen atoms in total. The smallest absolute Gasteiger partial charge is 0.281 e. The third kappa shape index (κ3) is 5.87. The Morgan fingerprint density at radius 2 is 1.80 bits per heavy atom. The number of benzene rings is 1. The number of aromatic nitrogens is 5. The summed E-state index contributed by atoms with van der Waals surface area (Å²) in [5, 5.41) is 17.3. The van der Waals surface area contributed by atoms with Gasteiger partial charge in [-0.15, -0.1) is 0 Å². The van der Waals surface area contributed by atoms with E-state index >= 15 is 0 Å². The van der Waals surface area contributed by atoms with Crippen molar-refractivity contribution in [1.82, 2.24) is 24.7 Å². The number of fused-ring (bicyclic) bond motifs is 1. The molecule has 0 fully saturated rings. The number of aliphatic hydroxyl groups excluding tert-OH is 1. The van der Waals surface area contributed by atoms with E-state index in [1.807, 2.05) is 6.92 Å². The molecule has 2 N–H and O–H groups in total. The van der Waals surface area contributed by atoms with E-state index in [2.05, 4.69) is 25.4 Å². The summed E-state index contributed by atoms with van der Waals surface area (Å²) in [5.41, 5.74) is 2.23. The van der Waals surface area contributed by atoms with E-state index < -0.39 is 5.91 Å². The molecule has 0 bridgehead atoms. The van der Waals surface area contributed by atoms with Gasteiger partial charge in [-0.1, -0.05) is 0 Å². The normalized spacial score (nSPS) is 10.8. The first-order chi connectivity index (χ1) is 20.0. The van der Waals surface area contributed by atoms with Crippen LogP contribution in [0.1, 0.15) is 23.0 Å². The lowest BCUT2D eigenvalue weighted by atomic mass is 10.2. The number of pyridine rings is 3. The standard InChI is InChI=1S/C29H28N6O6/c1-4-40-26-17-35(22-16-30-10-7-18(22)9-12-36)34-28(26)29(37)33-27-6-5-19(15-32-27)41-23-8-11-31-21-14-25(39-3)24(38-2)13-20(21)23/h5-8,10-11,13-17,36H,4,9,12H2,1-3H3,(H,32,33,37). The number of carbonyl (C=O) groups is 1. The van der Waals surface area contributed by atoms with Crippen molar-refractivity contribution in [2.24, 2.45) is 0 Å². The Labute approximate surface area is 235 Å². The van der Waals surface area contributed by atoms with E-state index in [0.717, 1.165) is 10.9 Å². The van der Waals surface area contributed by atoms with Gasteiger partial charge in [0.15, 0.2) is 22.9 Å². The molecular formula is C29H28N6O6. The van der Waals surface area contributed by atoms with E-state index in [1.165, 1.54) is 10.9 Å². The van der Waals surface area contributed by atoms with Crippen LogP contribution in [-0.4, -0.2) is 63.2 Å². The zero-order valence-corrected chi connectivity index (χ0v) is 22.7. The maximum Gasteiger partial charge on any atom is 0.281 e. The number of nitrogens with zero attached hydrogens (tertiary/aromatic N) is 5. The number of ether oxygens (including phenoxy) is 4. The van der Waals surface area contributed by atoms with Crippen molar-refractivity contribution in [2.75, 3.05) is 32.8 Å². The molecule has 0 aliphatic rings. The lowest BCUT2D eigenvalue weighted by Crippen LogP contribution is -2.15. The maximum atomic E-state index is 13.2. The zero-order valence-electron chi connectivity index (χ0n) is 22.7. The minimum absolute atomic E-state index is 0.0321. The zero-order chi connectivity index (χ0) is 28.8. The van der Waals surface area contributed by atoms with Crippen LogP contribution < -0.4 is 24.3 Å². The number of hydrogen-bond acceptors (Lipinski definition) is 10. The highest BCUT2D eigenvalue weighted by Crippen LogP contribution is 2.36. The lowest BCUT2D eigenvalue weighted by molar-refractivity contribution is 0.101. The fourth-order valence-corrected chi connectivity index (χ4v) is 4.21. The van der Waals surface area contributed by atoms with Gasteiger partial charge >= 0.3 is 0 Å². The van der Waals surface area contributed by atoms with Gasteiger partial charge in [0.25, 0.3) is 5.91 Å². The van der Waals surface area contributed by atoms with Crippen LogP contribution >= 0.6 is 0 Å². The molecule has 4 heterocycles. The van der Waals surface area contributed by atoms with Gasteiger partial charge in [0.2, 0.25) is 0 Å². The van der Waals surface area contributed by atoms with Crippen LogP contribution in [0.5, 0.6) is 28.7 Å². The first-order valence-corrected chi connectivity index (χ1v) is 12.8. The molecule has 0 spiro atoms. The van der Waals surface area contributed by atoms with Crippen LogP contribution in [-0.2, 0) is 6.42 Å². The third-order valence-electron chi connectivity index (χ3n) is 6.12. The average molecular weight is 557 g/mol. The fraction of sp³-hybridized carbons (Fsp3) is 0.207. The SMILES string of the molecule is CCOc1cn(-c2cnccc2CCO)nc1C(=O)Nc1ccc(Oc2ccnc3cc(OC)c(OC)cc23)cn1. The molecule has 0 atom stereocenters. The summed E-state index contributed by atoms with van der Waals surface area (Å²) >= 11 is 0. The Morgan fingerprint density at radius 1 is 0.976 bits per heavy atom. The monoisotopic (exact) mass is 556 g/mol. The summed E-state index contributed by atoms with van der Waals surface area (Å²) < 4.78 is 24.0. The van der Waals surface area contributed by atoms with Crippen LogP contribution in [0, 0.1) is 0 Å². The predicted octanol–water partition coefficient (Wildman–Crippen LogP) is 4.21. The van der Waals surface area contributed by atoms with E-state index in [0.29, 0.717) is 58.8 Å². The summed E-state index contributed by atoms with van der Waals surface area (Å²) in [6, 6.07) is 10.4. The molecule has 5 aromatic rings. The van der Waals surface area contributed by atoms with E-state index in [1.54, 1.807) is 75.4 Å². The second-order valence-electron chi connectivity index (χ2n) is 8.67. The largest absolute Gasteiger partial charge is 0.493 e.